The summed E-state index contributed by atoms with van der Waals surface area (Å²) in [5.74, 6) is 0.118. The van der Waals surface area contributed by atoms with E-state index in [4.69, 9.17) is 0 Å². The molecule has 2 fully saturated rings. The third kappa shape index (κ3) is 3.88. The van der Waals surface area contributed by atoms with E-state index in [1.165, 1.54) is 0 Å². The van der Waals surface area contributed by atoms with Gasteiger partial charge >= 0.3 is 5.97 Å². The first-order valence-corrected chi connectivity index (χ1v) is 8.25. The second-order valence-corrected chi connectivity index (χ2v) is 7.79. The van der Waals surface area contributed by atoms with Crippen LogP contribution in [0.3, 0.4) is 0 Å². The topological polar surface area (TPSA) is 69.6 Å². The Hall–Kier alpha value is -0.750. The molecule has 2 atom stereocenters. The van der Waals surface area contributed by atoms with Gasteiger partial charge in [0.25, 0.3) is 0 Å². The number of aliphatic carboxylic acids is 1. The zero-order valence-corrected chi connectivity index (χ0v) is 13.2. The molecule has 0 spiro atoms. The molecule has 114 valence electrons. The molecule has 1 amide bonds. The summed E-state index contributed by atoms with van der Waals surface area (Å²) >= 11 is 1.63. The van der Waals surface area contributed by atoms with Crippen molar-refractivity contribution in [2.75, 3.05) is 12.3 Å². The molecular formula is C14H24N2O3S. The number of carbonyl (C=O) groups is 2. The average Bonchev–Trinajstić information content (AvgIpc) is 3.05. The summed E-state index contributed by atoms with van der Waals surface area (Å²) in [5.41, 5.74) is -0.0257. The Morgan fingerprint density at radius 2 is 2.00 bits per heavy atom. The van der Waals surface area contributed by atoms with Gasteiger partial charge in [0.15, 0.2) is 0 Å². The number of nitrogens with one attached hydrogen (secondary N) is 1. The molecule has 2 rings (SSSR count). The normalized spacial score (nSPS) is 26.9. The molecule has 0 aromatic carbocycles. The number of nitrogens with zero attached hydrogens (tertiary/aromatic N) is 1. The number of hydrogen-bond donors (Lipinski definition) is 2. The van der Waals surface area contributed by atoms with Gasteiger partial charge in [-0.3, -0.25) is 4.79 Å². The molecule has 0 bridgehead atoms. The van der Waals surface area contributed by atoms with Crippen LogP contribution in [-0.2, 0) is 9.59 Å². The minimum Gasteiger partial charge on any atom is -0.480 e. The van der Waals surface area contributed by atoms with Crippen LogP contribution < -0.4 is 5.32 Å². The molecule has 1 aliphatic carbocycles. The maximum Gasteiger partial charge on any atom is 0.327 e. The monoisotopic (exact) mass is 300 g/mol. The smallest absolute Gasteiger partial charge is 0.327 e. The molecule has 1 saturated heterocycles. The standard InChI is InChI=1S/C14H24N2O3S/c1-14(2,3)15-7-6-11(17)16-10(13(18)19)8-20-12(16)9-4-5-9/h9-10,12,15H,4-8H2,1-3H3,(H,18,19). The minimum atomic E-state index is -0.877. The summed E-state index contributed by atoms with van der Waals surface area (Å²) in [6.45, 7) is 6.75. The van der Waals surface area contributed by atoms with Gasteiger partial charge in [-0.15, -0.1) is 11.8 Å². The summed E-state index contributed by atoms with van der Waals surface area (Å²) in [6, 6.07) is -0.646. The van der Waals surface area contributed by atoms with Gasteiger partial charge in [-0.1, -0.05) is 0 Å². The number of carbonyl (C=O) groups excluding carboxylic acids is 1. The highest BCUT2D eigenvalue weighted by Gasteiger charge is 2.47. The van der Waals surface area contributed by atoms with Crippen molar-refractivity contribution in [2.24, 2.45) is 5.92 Å². The molecule has 1 aliphatic heterocycles. The maximum atomic E-state index is 12.4. The molecule has 0 aromatic heterocycles. The van der Waals surface area contributed by atoms with Gasteiger partial charge in [0, 0.05) is 24.3 Å². The summed E-state index contributed by atoms with van der Waals surface area (Å²) in [5, 5.41) is 12.6. The Balaban J connectivity index is 1.94. The zero-order chi connectivity index (χ0) is 14.9. The van der Waals surface area contributed by atoms with Crippen LogP contribution >= 0.6 is 11.8 Å². The van der Waals surface area contributed by atoms with E-state index in [2.05, 4.69) is 26.1 Å². The summed E-state index contributed by atoms with van der Waals surface area (Å²) in [7, 11) is 0. The number of thioether (sulfide) groups is 1. The highest BCUT2D eigenvalue weighted by Crippen LogP contribution is 2.45. The lowest BCUT2D eigenvalue weighted by Crippen LogP contribution is -2.47. The fraction of sp³-hybridized carbons (Fsp3) is 0.857. The van der Waals surface area contributed by atoms with Crippen molar-refractivity contribution in [2.45, 2.75) is 57.0 Å². The second-order valence-electron chi connectivity index (χ2n) is 6.64. The fourth-order valence-corrected chi connectivity index (χ4v) is 4.10. The Kier molecular flexibility index (Phi) is 4.64. The van der Waals surface area contributed by atoms with E-state index in [0.29, 0.717) is 24.6 Å². The van der Waals surface area contributed by atoms with Gasteiger partial charge in [-0.25, -0.2) is 4.79 Å². The Bertz CT molecular complexity index is 390. The van der Waals surface area contributed by atoms with Crippen LogP contribution in [0.4, 0.5) is 0 Å². The molecule has 0 radical (unpaired) electrons. The third-order valence-corrected chi connectivity index (χ3v) is 5.09. The molecule has 2 unspecified atom stereocenters. The molecule has 6 heteroatoms. The van der Waals surface area contributed by atoms with Crippen molar-refractivity contribution < 1.29 is 14.7 Å². The van der Waals surface area contributed by atoms with Crippen LogP contribution in [0.5, 0.6) is 0 Å². The first-order valence-electron chi connectivity index (χ1n) is 7.20. The summed E-state index contributed by atoms with van der Waals surface area (Å²) in [4.78, 5) is 25.3. The molecule has 20 heavy (non-hydrogen) atoms. The fourth-order valence-electron chi connectivity index (χ4n) is 2.45. The number of amides is 1. The van der Waals surface area contributed by atoms with Crippen molar-refractivity contribution >= 4 is 23.6 Å². The number of carboxylic acid groups (broad SMARTS) is 1. The van der Waals surface area contributed by atoms with E-state index in [1.54, 1.807) is 16.7 Å². The molecule has 0 aromatic rings. The maximum absolute atomic E-state index is 12.4. The molecule has 1 heterocycles. The van der Waals surface area contributed by atoms with Crippen LogP contribution in [0.2, 0.25) is 0 Å². The highest BCUT2D eigenvalue weighted by atomic mass is 32.2. The van der Waals surface area contributed by atoms with Gasteiger partial charge in [0.05, 0.1) is 5.37 Å². The van der Waals surface area contributed by atoms with E-state index < -0.39 is 12.0 Å². The van der Waals surface area contributed by atoms with Gasteiger partial charge in [-0.2, -0.15) is 0 Å². The van der Waals surface area contributed by atoms with Gasteiger partial charge in [0.1, 0.15) is 6.04 Å². The predicted molar refractivity (Wildman–Crippen MR) is 79.6 cm³/mol. The van der Waals surface area contributed by atoms with Crippen LogP contribution in [0, 0.1) is 5.92 Å². The predicted octanol–water partition coefficient (Wildman–Crippen LogP) is 1.53. The van der Waals surface area contributed by atoms with E-state index in [1.807, 2.05) is 0 Å². The van der Waals surface area contributed by atoms with E-state index in [0.717, 1.165) is 12.8 Å². The van der Waals surface area contributed by atoms with Gasteiger partial charge in [0.2, 0.25) is 5.91 Å². The van der Waals surface area contributed by atoms with Crippen LogP contribution in [-0.4, -0.2) is 51.1 Å². The summed E-state index contributed by atoms with van der Waals surface area (Å²) in [6.07, 6.45) is 2.60. The second kappa shape index (κ2) is 5.93. The van der Waals surface area contributed by atoms with Crippen molar-refractivity contribution in [3.63, 3.8) is 0 Å². The van der Waals surface area contributed by atoms with Crippen LogP contribution in [0.15, 0.2) is 0 Å². The van der Waals surface area contributed by atoms with Crippen molar-refractivity contribution in [1.82, 2.24) is 10.2 Å². The quantitative estimate of drug-likeness (QED) is 0.806. The SMILES string of the molecule is CC(C)(C)NCCC(=O)N1C(C(=O)O)CSC1C1CC1. The lowest BCUT2D eigenvalue weighted by Gasteiger charge is -2.28. The largest absolute Gasteiger partial charge is 0.480 e. The van der Waals surface area contributed by atoms with Crippen molar-refractivity contribution in [3.05, 3.63) is 0 Å². The number of hydrogen-bond acceptors (Lipinski definition) is 4. The number of carboxylic acids is 1. The zero-order valence-electron chi connectivity index (χ0n) is 12.4. The number of rotatable bonds is 5. The molecule has 1 saturated carbocycles. The van der Waals surface area contributed by atoms with E-state index >= 15 is 0 Å². The first-order chi connectivity index (χ1) is 9.29. The van der Waals surface area contributed by atoms with E-state index in [-0.39, 0.29) is 16.8 Å². The Morgan fingerprint density at radius 1 is 1.35 bits per heavy atom. The summed E-state index contributed by atoms with van der Waals surface area (Å²) < 4.78 is 0. The Morgan fingerprint density at radius 3 is 2.50 bits per heavy atom. The average molecular weight is 300 g/mol. The minimum absolute atomic E-state index is 0.0257. The molecule has 2 N–H and O–H groups in total. The molecule has 2 aliphatic rings. The van der Waals surface area contributed by atoms with Crippen LogP contribution in [0.1, 0.15) is 40.0 Å². The first kappa shape index (κ1) is 15.6. The van der Waals surface area contributed by atoms with Gasteiger partial charge < -0.3 is 15.3 Å². The van der Waals surface area contributed by atoms with Crippen LogP contribution in [0.25, 0.3) is 0 Å². The van der Waals surface area contributed by atoms with Gasteiger partial charge in [-0.05, 0) is 39.5 Å². The van der Waals surface area contributed by atoms with E-state index in [9.17, 15) is 14.7 Å². The van der Waals surface area contributed by atoms with Crippen molar-refractivity contribution in [3.8, 4) is 0 Å². The lowest BCUT2D eigenvalue weighted by molar-refractivity contribution is -0.149. The van der Waals surface area contributed by atoms with Crippen molar-refractivity contribution in [1.29, 1.82) is 0 Å². The lowest BCUT2D eigenvalue weighted by atomic mass is 10.1. The highest BCUT2D eigenvalue weighted by molar-refractivity contribution is 8.00. The Labute approximate surface area is 124 Å². The third-order valence-electron chi connectivity index (χ3n) is 3.63. The molecular weight excluding hydrogens is 276 g/mol. The molecule has 5 nitrogen and oxygen atoms in total.